The van der Waals surface area contributed by atoms with Gasteiger partial charge in [-0.2, -0.15) is 0 Å². The second-order valence-electron chi connectivity index (χ2n) is 5.23. The van der Waals surface area contributed by atoms with Crippen molar-refractivity contribution in [1.29, 1.82) is 0 Å². The van der Waals surface area contributed by atoms with Crippen LogP contribution >= 0.6 is 0 Å². The van der Waals surface area contributed by atoms with Gasteiger partial charge in [-0.1, -0.05) is 13.3 Å². The second kappa shape index (κ2) is 5.67. The first kappa shape index (κ1) is 15.2. The number of aliphatic carboxylic acids is 1. The van der Waals surface area contributed by atoms with Crippen molar-refractivity contribution in [2.75, 3.05) is 11.4 Å². The van der Waals surface area contributed by atoms with E-state index in [1.807, 2.05) is 6.92 Å². The van der Waals surface area contributed by atoms with Gasteiger partial charge in [-0.3, -0.25) is 10.1 Å². The number of nitrogens with zero attached hydrogens (tertiary/aromatic N) is 2. The molecule has 1 aliphatic rings. The van der Waals surface area contributed by atoms with Crippen molar-refractivity contribution in [3.8, 4) is 0 Å². The van der Waals surface area contributed by atoms with Crippen LogP contribution in [0, 0.1) is 15.9 Å². The van der Waals surface area contributed by atoms with Crippen molar-refractivity contribution in [2.24, 2.45) is 0 Å². The first-order valence-electron chi connectivity index (χ1n) is 6.87. The van der Waals surface area contributed by atoms with Crippen molar-refractivity contribution in [3.05, 3.63) is 34.1 Å². The SMILES string of the molecule is CCCC1(C(=O)O)CCCN1c1ccc(F)cc1[N+](=O)[O-]. The highest BCUT2D eigenvalue weighted by Gasteiger charge is 2.48. The Morgan fingerprint density at radius 2 is 2.29 bits per heavy atom. The molecule has 0 aromatic heterocycles. The number of nitro benzene ring substituents is 1. The van der Waals surface area contributed by atoms with Gasteiger partial charge < -0.3 is 10.0 Å². The first-order chi connectivity index (χ1) is 9.92. The lowest BCUT2D eigenvalue weighted by molar-refractivity contribution is -0.384. The summed E-state index contributed by atoms with van der Waals surface area (Å²) in [6, 6.07) is 3.26. The molecule has 1 aromatic rings. The van der Waals surface area contributed by atoms with Gasteiger partial charge in [0.2, 0.25) is 0 Å². The summed E-state index contributed by atoms with van der Waals surface area (Å²) >= 11 is 0. The maximum Gasteiger partial charge on any atom is 0.329 e. The maximum atomic E-state index is 13.3. The zero-order chi connectivity index (χ0) is 15.6. The molecule has 0 amide bonds. The minimum atomic E-state index is -1.14. The van der Waals surface area contributed by atoms with Crippen molar-refractivity contribution < 1.29 is 19.2 Å². The van der Waals surface area contributed by atoms with E-state index in [1.54, 1.807) is 4.90 Å². The number of nitro groups is 1. The molecule has 1 N–H and O–H groups in total. The smallest absolute Gasteiger partial charge is 0.329 e. The van der Waals surface area contributed by atoms with E-state index < -0.39 is 27.9 Å². The van der Waals surface area contributed by atoms with E-state index in [0.717, 1.165) is 12.1 Å². The molecule has 1 fully saturated rings. The van der Waals surface area contributed by atoms with Crippen molar-refractivity contribution in [3.63, 3.8) is 0 Å². The van der Waals surface area contributed by atoms with Crippen LogP contribution in [0.1, 0.15) is 32.6 Å². The van der Waals surface area contributed by atoms with Gasteiger partial charge in [0.05, 0.1) is 11.0 Å². The molecule has 2 rings (SSSR count). The Labute approximate surface area is 121 Å². The summed E-state index contributed by atoms with van der Waals surface area (Å²) in [4.78, 5) is 23.8. The molecule has 1 aliphatic heterocycles. The molecule has 1 aromatic carbocycles. The molecule has 7 heteroatoms. The van der Waals surface area contributed by atoms with Crippen LogP contribution in [0.5, 0.6) is 0 Å². The summed E-state index contributed by atoms with van der Waals surface area (Å²) < 4.78 is 13.3. The highest BCUT2D eigenvalue weighted by Crippen LogP contribution is 2.41. The number of hydrogen-bond acceptors (Lipinski definition) is 4. The lowest BCUT2D eigenvalue weighted by Gasteiger charge is -2.36. The van der Waals surface area contributed by atoms with Gasteiger partial charge in [0.1, 0.15) is 17.0 Å². The number of carboxylic acids is 1. The fourth-order valence-corrected chi connectivity index (χ4v) is 3.10. The number of carbonyl (C=O) groups is 1. The summed E-state index contributed by atoms with van der Waals surface area (Å²) in [7, 11) is 0. The molecular weight excluding hydrogens is 279 g/mol. The normalized spacial score (nSPS) is 21.5. The van der Waals surface area contributed by atoms with Crippen molar-refractivity contribution in [2.45, 2.75) is 38.1 Å². The van der Waals surface area contributed by atoms with Gasteiger partial charge in [-0.05, 0) is 31.4 Å². The molecule has 114 valence electrons. The van der Waals surface area contributed by atoms with Gasteiger partial charge in [0.15, 0.2) is 0 Å². The van der Waals surface area contributed by atoms with Crippen molar-refractivity contribution in [1.82, 2.24) is 0 Å². The van der Waals surface area contributed by atoms with Gasteiger partial charge in [-0.25, -0.2) is 9.18 Å². The van der Waals surface area contributed by atoms with Gasteiger partial charge in [0, 0.05) is 6.54 Å². The standard InChI is InChI=1S/C14H17FN2O4/c1-2-6-14(13(18)19)7-3-8-16(14)11-5-4-10(15)9-12(11)17(20)21/h4-5,9H,2-3,6-8H2,1H3,(H,18,19). The number of carboxylic acid groups (broad SMARTS) is 1. The Morgan fingerprint density at radius 3 is 2.86 bits per heavy atom. The number of hydrogen-bond donors (Lipinski definition) is 1. The van der Waals surface area contributed by atoms with Crippen molar-refractivity contribution >= 4 is 17.3 Å². The average molecular weight is 296 g/mol. The van der Waals surface area contributed by atoms with Crippen LogP contribution in [0.2, 0.25) is 0 Å². The Bertz CT molecular complexity index is 578. The lowest BCUT2D eigenvalue weighted by atomic mass is 9.90. The van der Waals surface area contributed by atoms with Crippen LogP contribution in [-0.4, -0.2) is 28.1 Å². The molecule has 0 radical (unpaired) electrons. The van der Waals surface area contributed by atoms with E-state index >= 15 is 0 Å². The van der Waals surface area contributed by atoms with E-state index in [-0.39, 0.29) is 5.69 Å². The lowest BCUT2D eigenvalue weighted by Crippen LogP contribution is -2.51. The predicted molar refractivity (Wildman–Crippen MR) is 74.9 cm³/mol. The molecule has 0 bridgehead atoms. The van der Waals surface area contributed by atoms with Crippen LogP contribution < -0.4 is 4.90 Å². The van der Waals surface area contributed by atoms with Crippen LogP contribution in [0.15, 0.2) is 18.2 Å². The molecule has 1 heterocycles. The van der Waals surface area contributed by atoms with E-state index in [2.05, 4.69) is 0 Å². The van der Waals surface area contributed by atoms with Crippen LogP contribution in [0.4, 0.5) is 15.8 Å². The number of anilines is 1. The largest absolute Gasteiger partial charge is 0.479 e. The van der Waals surface area contributed by atoms with E-state index in [0.29, 0.717) is 32.2 Å². The van der Waals surface area contributed by atoms with E-state index in [4.69, 9.17) is 0 Å². The summed E-state index contributed by atoms with van der Waals surface area (Å²) in [6.45, 7) is 2.29. The molecule has 0 spiro atoms. The van der Waals surface area contributed by atoms with Gasteiger partial charge in [-0.15, -0.1) is 0 Å². The molecule has 1 saturated heterocycles. The fraction of sp³-hybridized carbons (Fsp3) is 0.500. The summed E-state index contributed by atoms with van der Waals surface area (Å²) in [5, 5.41) is 20.8. The average Bonchev–Trinajstić information content (AvgIpc) is 2.84. The third-order valence-corrected chi connectivity index (χ3v) is 3.98. The molecule has 1 unspecified atom stereocenters. The molecule has 0 saturated carbocycles. The quantitative estimate of drug-likeness (QED) is 0.667. The number of rotatable bonds is 5. The summed E-state index contributed by atoms with van der Waals surface area (Å²) in [5.41, 5.74) is -1.36. The van der Waals surface area contributed by atoms with Crippen LogP contribution in [0.25, 0.3) is 0 Å². The summed E-state index contributed by atoms with van der Waals surface area (Å²) in [5.74, 6) is -1.69. The van der Waals surface area contributed by atoms with Crippen LogP contribution in [0.3, 0.4) is 0 Å². The Morgan fingerprint density at radius 1 is 1.57 bits per heavy atom. The minimum Gasteiger partial charge on any atom is -0.479 e. The van der Waals surface area contributed by atoms with Gasteiger partial charge in [0.25, 0.3) is 5.69 Å². The number of benzene rings is 1. The van der Waals surface area contributed by atoms with E-state index in [1.165, 1.54) is 6.07 Å². The summed E-state index contributed by atoms with van der Waals surface area (Å²) in [6.07, 6.45) is 2.13. The molecule has 1 atom stereocenters. The highest BCUT2D eigenvalue weighted by molar-refractivity contribution is 5.86. The minimum absolute atomic E-state index is 0.176. The molecule has 6 nitrogen and oxygen atoms in total. The van der Waals surface area contributed by atoms with Gasteiger partial charge >= 0.3 is 5.97 Å². The molecular formula is C14H17FN2O4. The number of halogens is 1. The highest BCUT2D eigenvalue weighted by atomic mass is 19.1. The predicted octanol–water partition coefficient (Wildman–Crippen LogP) is 2.96. The zero-order valence-corrected chi connectivity index (χ0v) is 11.7. The first-order valence-corrected chi connectivity index (χ1v) is 6.87. The monoisotopic (exact) mass is 296 g/mol. The Hall–Kier alpha value is -2.18. The molecule has 0 aliphatic carbocycles. The van der Waals surface area contributed by atoms with E-state index in [9.17, 15) is 24.4 Å². The third-order valence-electron chi connectivity index (χ3n) is 3.98. The maximum absolute atomic E-state index is 13.3. The topological polar surface area (TPSA) is 83.7 Å². The zero-order valence-electron chi connectivity index (χ0n) is 11.7. The second-order valence-corrected chi connectivity index (χ2v) is 5.23. The van der Waals surface area contributed by atoms with Crippen LogP contribution in [-0.2, 0) is 4.79 Å². The fourth-order valence-electron chi connectivity index (χ4n) is 3.10. The third kappa shape index (κ3) is 2.55. The Balaban J connectivity index is 2.54. The Kier molecular flexibility index (Phi) is 4.11. The molecule has 21 heavy (non-hydrogen) atoms.